The van der Waals surface area contributed by atoms with Crippen molar-refractivity contribution in [1.82, 2.24) is 0 Å². The van der Waals surface area contributed by atoms with Crippen molar-refractivity contribution >= 4 is 5.97 Å². The summed E-state index contributed by atoms with van der Waals surface area (Å²) in [4.78, 5) is 10.2. The molecule has 0 atom stereocenters. The first-order valence-electron chi connectivity index (χ1n) is 4.69. The summed E-state index contributed by atoms with van der Waals surface area (Å²) in [6.45, 7) is 0. The molecule has 1 fully saturated rings. The Kier molecular flexibility index (Phi) is 3.85. The summed E-state index contributed by atoms with van der Waals surface area (Å²) in [5.74, 6) is -0.681. The van der Waals surface area contributed by atoms with Gasteiger partial charge in [0.15, 0.2) is 0 Å². The van der Waals surface area contributed by atoms with E-state index in [1.807, 2.05) is 0 Å². The van der Waals surface area contributed by atoms with Gasteiger partial charge in [-0.05, 0) is 38.5 Å². The van der Waals surface area contributed by atoms with Crippen LogP contribution < -0.4 is 0 Å². The van der Waals surface area contributed by atoms with E-state index < -0.39 is 5.97 Å². The molecule has 68 valence electrons. The second-order valence-corrected chi connectivity index (χ2v) is 3.36. The highest BCUT2D eigenvalue weighted by Crippen LogP contribution is 2.24. The van der Waals surface area contributed by atoms with E-state index >= 15 is 0 Å². The van der Waals surface area contributed by atoms with Crippen LogP contribution in [0.3, 0.4) is 0 Å². The lowest BCUT2D eigenvalue weighted by atomic mass is 10.1. The van der Waals surface area contributed by atoms with Crippen LogP contribution in [-0.2, 0) is 4.79 Å². The molecule has 0 aliphatic heterocycles. The van der Waals surface area contributed by atoms with E-state index in [9.17, 15) is 4.79 Å². The summed E-state index contributed by atoms with van der Waals surface area (Å²) in [6.07, 6.45) is 9.41. The van der Waals surface area contributed by atoms with Gasteiger partial charge in [-0.2, -0.15) is 0 Å². The third-order valence-electron chi connectivity index (χ3n) is 2.27. The van der Waals surface area contributed by atoms with Crippen molar-refractivity contribution < 1.29 is 9.90 Å². The first-order valence-corrected chi connectivity index (χ1v) is 4.69. The maximum atomic E-state index is 10.2. The van der Waals surface area contributed by atoms with Crippen molar-refractivity contribution in [2.24, 2.45) is 0 Å². The Morgan fingerprint density at radius 3 is 2.67 bits per heavy atom. The first-order chi connectivity index (χ1) is 5.79. The standard InChI is InChI=1S/C10H16O2/c11-10(12)8-4-3-7-9-5-1-2-6-9/h7H,1-6,8H2,(H,11,12). The Labute approximate surface area is 73.3 Å². The number of carbonyl (C=O) groups is 1. The van der Waals surface area contributed by atoms with Gasteiger partial charge in [0.05, 0.1) is 0 Å². The normalized spacial score (nSPS) is 16.5. The van der Waals surface area contributed by atoms with Gasteiger partial charge in [0.25, 0.3) is 0 Å². The molecule has 0 amide bonds. The van der Waals surface area contributed by atoms with Crippen LogP contribution >= 0.6 is 0 Å². The number of hydrogen-bond acceptors (Lipinski definition) is 1. The topological polar surface area (TPSA) is 37.3 Å². The molecule has 0 saturated heterocycles. The maximum Gasteiger partial charge on any atom is 0.303 e. The molecule has 2 nitrogen and oxygen atoms in total. The monoisotopic (exact) mass is 168 g/mol. The van der Waals surface area contributed by atoms with Crippen LogP contribution in [0.5, 0.6) is 0 Å². The van der Waals surface area contributed by atoms with Gasteiger partial charge in [0.2, 0.25) is 0 Å². The zero-order valence-electron chi connectivity index (χ0n) is 7.38. The molecule has 1 rings (SSSR count). The van der Waals surface area contributed by atoms with Crippen LogP contribution in [0, 0.1) is 0 Å². The van der Waals surface area contributed by atoms with Gasteiger partial charge < -0.3 is 5.11 Å². The maximum absolute atomic E-state index is 10.2. The molecular weight excluding hydrogens is 152 g/mol. The van der Waals surface area contributed by atoms with Crippen LogP contribution in [0.4, 0.5) is 0 Å². The van der Waals surface area contributed by atoms with Gasteiger partial charge in [-0.15, -0.1) is 0 Å². The molecule has 1 N–H and O–H groups in total. The molecule has 0 aromatic rings. The van der Waals surface area contributed by atoms with Gasteiger partial charge in [0.1, 0.15) is 0 Å². The molecule has 1 aliphatic carbocycles. The van der Waals surface area contributed by atoms with Crippen molar-refractivity contribution in [3.8, 4) is 0 Å². The summed E-state index contributed by atoms with van der Waals surface area (Å²) < 4.78 is 0. The summed E-state index contributed by atoms with van der Waals surface area (Å²) >= 11 is 0. The van der Waals surface area contributed by atoms with Gasteiger partial charge >= 0.3 is 5.97 Å². The average Bonchev–Trinajstić information content (AvgIpc) is 2.49. The summed E-state index contributed by atoms with van der Waals surface area (Å²) in [6, 6.07) is 0. The number of hydrogen-bond donors (Lipinski definition) is 1. The Bertz CT molecular complexity index is 174. The molecule has 0 spiro atoms. The van der Waals surface area contributed by atoms with Crippen LogP contribution in [0.15, 0.2) is 11.6 Å². The van der Waals surface area contributed by atoms with Crippen LogP contribution in [0.2, 0.25) is 0 Å². The summed E-state index contributed by atoms with van der Waals surface area (Å²) in [5, 5.41) is 8.38. The Hall–Kier alpha value is -0.790. The minimum Gasteiger partial charge on any atom is -0.481 e. The fourth-order valence-corrected chi connectivity index (χ4v) is 1.59. The van der Waals surface area contributed by atoms with Crippen LogP contribution in [-0.4, -0.2) is 11.1 Å². The fourth-order valence-electron chi connectivity index (χ4n) is 1.59. The molecule has 0 aromatic heterocycles. The molecule has 1 aliphatic rings. The lowest BCUT2D eigenvalue weighted by molar-refractivity contribution is -0.137. The van der Waals surface area contributed by atoms with Crippen molar-refractivity contribution in [3.63, 3.8) is 0 Å². The van der Waals surface area contributed by atoms with E-state index in [-0.39, 0.29) is 0 Å². The molecule has 1 saturated carbocycles. The lowest BCUT2D eigenvalue weighted by Gasteiger charge is -1.94. The summed E-state index contributed by atoms with van der Waals surface area (Å²) in [7, 11) is 0. The number of carboxylic acid groups (broad SMARTS) is 1. The number of aliphatic carboxylic acids is 1. The Morgan fingerprint density at radius 2 is 2.08 bits per heavy atom. The molecule has 0 radical (unpaired) electrons. The van der Waals surface area contributed by atoms with Gasteiger partial charge in [-0.1, -0.05) is 11.6 Å². The van der Waals surface area contributed by atoms with E-state index in [1.165, 1.54) is 25.7 Å². The largest absolute Gasteiger partial charge is 0.481 e. The quantitative estimate of drug-likeness (QED) is 0.517. The van der Waals surface area contributed by atoms with E-state index in [1.54, 1.807) is 5.57 Å². The minimum absolute atomic E-state index is 0.309. The van der Waals surface area contributed by atoms with Crippen molar-refractivity contribution in [1.29, 1.82) is 0 Å². The SMILES string of the molecule is O=C(O)CCCC=C1CCCC1. The second kappa shape index (κ2) is 4.96. The number of rotatable bonds is 4. The predicted molar refractivity (Wildman–Crippen MR) is 48.0 cm³/mol. The molecule has 0 aromatic carbocycles. The fraction of sp³-hybridized carbons (Fsp3) is 0.700. The van der Waals surface area contributed by atoms with E-state index in [4.69, 9.17) is 5.11 Å². The predicted octanol–water partition coefficient (Wildman–Crippen LogP) is 2.74. The number of allylic oxidation sites excluding steroid dienone is 2. The highest BCUT2D eigenvalue weighted by molar-refractivity contribution is 5.66. The lowest BCUT2D eigenvalue weighted by Crippen LogP contribution is -1.92. The zero-order valence-corrected chi connectivity index (χ0v) is 7.38. The molecule has 2 heteroatoms. The van der Waals surface area contributed by atoms with Crippen molar-refractivity contribution in [2.75, 3.05) is 0 Å². The van der Waals surface area contributed by atoms with Crippen LogP contribution in [0.1, 0.15) is 44.9 Å². The van der Waals surface area contributed by atoms with E-state index in [0.29, 0.717) is 6.42 Å². The van der Waals surface area contributed by atoms with Crippen molar-refractivity contribution in [3.05, 3.63) is 11.6 Å². The number of carboxylic acids is 1. The van der Waals surface area contributed by atoms with E-state index in [2.05, 4.69) is 6.08 Å². The molecular formula is C10H16O2. The summed E-state index contributed by atoms with van der Waals surface area (Å²) in [5.41, 5.74) is 1.54. The van der Waals surface area contributed by atoms with Gasteiger partial charge in [-0.3, -0.25) is 4.79 Å². The highest BCUT2D eigenvalue weighted by Gasteiger charge is 2.05. The second-order valence-electron chi connectivity index (χ2n) is 3.36. The van der Waals surface area contributed by atoms with Crippen molar-refractivity contribution in [2.45, 2.75) is 44.9 Å². The Balaban J connectivity index is 2.07. The zero-order chi connectivity index (χ0) is 8.81. The van der Waals surface area contributed by atoms with Crippen LogP contribution in [0.25, 0.3) is 0 Å². The molecule has 12 heavy (non-hydrogen) atoms. The smallest absolute Gasteiger partial charge is 0.303 e. The molecule has 0 heterocycles. The molecule has 0 bridgehead atoms. The van der Waals surface area contributed by atoms with E-state index in [0.717, 1.165) is 12.8 Å². The first kappa shape index (κ1) is 9.30. The Morgan fingerprint density at radius 1 is 1.42 bits per heavy atom. The third kappa shape index (κ3) is 3.56. The molecule has 0 unspecified atom stereocenters. The minimum atomic E-state index is -0.681. The highest BCUT2D eigenvalue weighted by atomic mass is 16.4. The number of unbranched alkanes of at least 4 members (excludes halogenated alkanes) is 1. The average molecular weight is 168 g/mol. The van der Waals surface area contributed by atoms with Gasteiger partial charge in [-0.25, -0.2) is 0 Å². The van der Waals surface area contributed by atoms with Gasteiger partial charge in [0, 0.05) is 6.42 Å². The third-order valence-corrected chi connectivity index (χ3v) is 2.27.